The Kier molecular flexibility index (Phi) is 5.67. The summed E-state index contributed by atoms with van der Waals surface area (Å²) < 4.78 is 0. The minimum Gasteiger partial charge on any atom is -0.354 e. The van der Waals surface area contributed by atoms with Gasteiger partial charge < -0.3 is 10.6 Å². The Morgan fingerprint density at radius 3 is 2.67 bits per heavy atom. The van der Waals surface area contributed by atoms with Crippen LogP contribution in [0.4, 0.5) is 0 Å². The van der Waals surface area contributed by atoms with E-state index in [1.54, 1.807) is 0 Å². The molecule has 1 saturated heterocycles. The van der Waals surface area contributed by atoms with Crippen LogP contribution in [0.2, 0.25) is 0 Å². The molecule has 0 aliphatic carbocycles. The number of benzene rings is 1. The second kappa shape index (κ2) is 7.50. The van der Waals surface area contributed by atoms with Crippen LogP contribution < -0.4 is 10.6 Å². The second-order valence-corrected chi connectivity index (χ2v) is 7.16. The lowest BCUT2D eigenvalue weighted by molar-refractivity contribution is -0.125. The third-order valence-corrected chi connectivity index (χ3v) is 4.34. The van der Waals surface area contributed by atoms with Crippen LogP contribution in [0.25, 0.3) is 0 Å². The molecule has 1 unspecified atom stereocenters. The van der Waals surface area contributed by atoms with Gasteiger partial charge in [0.15, 0.2) is 0 Å². The summed E-state index contributed by atoms with van der Waals surface area (Å²) in [7, 11) is 0. The van der Waals surface area contributed by atoms with Gasteiger partial charge in [0, 0.05) is 23.1 Å². The first-order chi connectivity index (χ1) is 10.0. The molecule has 0 radical (unpaired) electrons. The average Bonchev–Trinajstić information content (AvgIpc) is 2.87. The molecule has 2 amide bonds. The fourth-order valence-electron chi connectivity index (χ4n) is 2.27. The van der Waals surface area contributed by atoms with Crippen LogP contribution >= 0.6 is 11.8 Å². The number of carbonyl (C=O) groups is 2. The minimum atomic E-state index is -0.345. The van der Waals surface area contributed by atoms with E-state index in [0.717, 1.165) is 6.42 Å². The number of rotatable bonds is 6. The highest BCUT2D eigenvalue weighted by atomic mass is 32.2. The molecule has 0 saturated carbocycles. The molecule has 1 aromatic rings. The SMILES string of the molecule is CC(C)Sc1ccc(CCNC(=O)C2CCC(=O)N2)cc1. The smallest absolute Gasteiger partial charge is 0.242 e. The molecule has 114 valence electrons. The topological polar surface area (TPSA) is 58.2 Å². The van der Waals surface area contributed by atoms with Crippen molar-refractivity contribution in [3.63, 3.8) is 0 Å². The quantitative estimate of drug-likeness (QED) is 0.792. The van der Waals surface area contributed by atoms with Crippen molar-refractivity contribution >= 4 is 23.6 Å². The third-order valence-electron chi connectivity index (χ3n) is 3.32. The number of carbonyl (C=O) groups excluding carboxylic acids is 2. The first-order valence-corrected chi connectivity index (χ1v) is 8.25. The van der Waals surface area contributed by atoms with E-state index in [-0.39, 0.29) is 17.9 Å². The summed E-state index contributed by atoms with van der Waals surface area (Å²) in [6, 6.07) is 8.11. The van der Waals surface area contributed by atoms with Crippen molar-refractivity contribution in [2.24, 2.45) is 0 Å². The van der Waals surface area contributed by atoms with Gasteiger partial charge in [0.25, 0.3) is 0 Å². The molecule has 1 heterocycles. The zero-order valence-corrected chi connectivity index (χ0v) is 13.3. The van der Waals surface area contributed by atoms with Gasteiger partial charge >= 0.3 is 0 Å². The lowest BCUT2D eigenvalue weighted by Crippen LogP contribution is -2.42. The highest BCUT2D eigenvalue weighted by Crippen LogP contribution is 2.22. The molecule has 0 bridgehead atoms. The van der Waals surface area contributed by atoms with Gasteiger partial charge in [-0.3, -0.25) is 9.59 Å². The van der Waals surface area contributed by atoms with E-state index in [1.165, 1.54) is 10.5 Å². The van der Waals surface area contributed by atoms with Crippen molar-refractivity contribution in [2.75, 3.05) is 6.54 Å². The Hall–Kier alpha value is -1.49. The van der Waals surface area contributed by atoms with Crippen LogP contribution in [0.3, 0.4) is 0 Å². The summed E-state index contributed by atoms with van der Waals surface area (Å²) in [6.45, 7) is 4.95. The van der Waals surface area contributed by atoms with Crippen molar-refractivity contribution in [1.82, 2.24) is 10.6 Å². The molecule has 1 aromatic carbocycles. The Morgan fingerprint density at radius 2 is 2.10 bits per heavy atom. The van der Waals surface area contributed by atoms with E-state index in [2.05, 4.69) is 48.7 Å². The van der Waals surface area contributed by atoms with Crippen LogP contribution in [-0.4, -0.2) is 29.7 Å². The maximum Gasteiger partial charge on any atom is 0.242 e. The average molecular weight is 306 g/mol. The molecule has 2 rings (SSSR count). The molecular formula is C16H22N2O2S. The summed E-state index contributed by atoms with van der Waals surface area (Å²) in [6.07, 6.45) is 1.86. The van der Waals surface area contributed by atoms with Gasteiger partial charge in [0.05, 0.1) is 0 Å². The van der Waals surface area contributed by atoms with Crippen LogP contribution in [0.1, 0.15) is 32.3 Å². The monoisotopic (exact) mass is 306 g/mol. The van der Waals surface area contributed by atoms with Gasteiger partial charge in [0.1, 0.15) is 6.04 Å². The Balaban J connectivity index is 1.73. The molecule has 4 nitrogen and oxygen atoms in total. The first kappa shape index (κ1) is 15.9. The van der Waals surface area contributed by atoms with Crippen molar-refractivity contribution in [3.8, 4) is 0 Å². The molecular weight excluding hydrogens is 284 g/mol. The molecule has 1 aliphatic heterocycles. The predicted octanol–water partition coefficient (Wildman–Crippen LogP) is 2.12. The predicted molar refractivity (Wildman–Crippen MR) is 85.3 cm³/mol. The zero-order chi connectivity index (χ0) is 15.2. The zero-order valence-electron chi connectivity index (χ0n) is 12.5. The van der Waals surface area contributed by atoms with Crippen LogP contribution in [0.5, 0.6) is 0 Å². The number of thioether (sulfide) groups is 1. The maximum absolute atomic E-state index is 11.8. The maximum atomic E-state index is 11.8. The molecule has 1 aliphatic rings. The molecule has 21 heavy (non-hydrogen) atoms. The molecule has 1 fully saturated rings. The summed E-state index contributed by atoms with van der Waals surface area (Å²) in [4.78, 5) is 24.2. The van der Waals surface area contributed by atoms with Gasteiger partial charge in [-0.1, -0.05) is 26.0 Å². The number of hydrogen-bond acceptors (Lipinski definition) is 3. The highest BCUT2D eigenvalue weighted by Gasteiger charge is 2.26. The summed E-state index contributed by atoms with van der Waals surface area (Å²) in [5.41, 5.74) is 1.21. The van der Waals surface area contributed by atoms with E-state index < -0.39 is 0 Å². The largest absolute Gasteiger partial charge is 0.354 e. The molecule has 0 spiro atoms. The lowest BCUT2D eigenvalue weighted by atomic mass is 10.1. The van der Waals surface area contributed by atoms with Crippen molar-refractivity contribution < 1.29 is 9.59 Å². The van der Waals surface area contributed by atoms with Crippen molar-refractivity contribution in [1.29, 1.82) is 0 Å². The van der Waals surface area contributed by atoms with Gasteiger partial charge in [0.2, 0.25) is 11.8 Å². The fourth-order valence-corrected chi connectivity index (χ4v) is 3.11. The number of nitrogens with one attached hydrogen (secondary N) is 2. The fraction of sp³-hybridized carbons (Fsp3) is 0.500. The van der Waals surface area contributed by atoms with E-state index in [0.29, 0.717) is 24.6 Å². The van der Waals surface area contributed by atoms with E-state index in [1.807, 2.05) is 11.8 Å². The normalized spacial score (nSPS) is 17.9. The van der Waals surface area contributed by atoms with E-state index in [9.17, 15) is 9.59 Å². The van der Waals surface area contributed by atoms with Gasteiger partial charge in [-0.15, -0.1) is 11.8 Å². The second-order valence-electron chi connectivity index (χ2n) is 5.51. The van der Waals surface area contributed by atoms with Gasteiger partial charge in [-0.05, 0) is 30.5 Å². The van der Waals surface area contributed by atoms with Crippen LogP contribution in [0, 0.1) is 0 Å². The van der Waals surface area contributed by atoms with E-state index in [4.69, 9.17) is 0 Å². The summed E-state index contributed by atoms with van der Waals surface area (Å²) in [5, 5.41) is 6.14. The van der Waals surface area contributed by atoms with Gasteiger partial charge in [-0.25, -0.2) is 0 Å². The Labute approximate surface area is 130 Å². The summed E-state index contributed by atoms with van der Waals surface area (Å²) in [5.74, 6) is -0.110. The van der Waals surface area contributed by atoms with E-state index >= 15 is 0 Å². The number of amides is 2. The van der Waals surface area contributed by atoms with Crippen LogP contribution in [-0.2, 0) is 16.0 Å². The highest BCUT2D eigenvalue weighted by molar-refractivity contribution is 7.99. The minimum absolute atomic E-state index is 0.0339. The van der Waals surface area contributed by atoms with Crippen LogP contribution in [0.15, 0.2) is 29.2 Å². The molecule has 5 heteroatoms. The van der Waals surface area contributed by atoms with Gasteiger partial charge in [-0.2, -0.15) is 0 Å². The Morgan fingerprint density at radius 1 is 1.38 bits per heavy atom. The molecule has 1 atom stereocenters. The Bertz CT molecular complexity index is 500. The molecule has 0 aromatic heterocycles. The molecule has 2 N–H and O–H groups in total. The van der Waals surface area contributed by atoms with Crippen molar-refractivity contribution in [3.05, 3.63) is 29.8 Å². The standard InChI is InChI=1S/C16H22N2O2S/c1-11(2)21-13-5-3-12(4-6-13)9-10-17-16(20)14-7-8-15(19)18-14/h3-6,11,14H,7-10H2,1-2H3,(H,17,20)(H,18,19). The summed E-state index contributed by atoms with van der Waals surface area (Å²) >= 11 is 1.84. The number of hydrogen-bond donors (Lipinski definition) is 2. The first-order valence-electron chi connectivity index (χ1n) is 7.37. The van der Waals surface area contributed by atoms with Crippen molar-refractivity contribution in [2.45, 2.75) is 49.3 Å². The lowest BCUT2D eigenvalue weighted by Gasteiger charge is -2.11. The third kappa shape index (κ3) is 5.08.